The third kappa shape index (κ3) is 5.88. The monoisotopic (exact) mass is 282 g/mol. The molecule has 0 N–H and O–H groups in total. The number of carbonyl (C=O) groups is 2. The highest BCUT2D eigenvalue weighted by atomic mass is 35.5. The first-order valence-corrected chi connectivity index (χ1v) is 7.00. The lowest BCUT2D eigenvalue weighted by Crippen LogP contribution is -2.06. The van der Waals surface area contributed by atoms with Gasteiger partial charge in [-0.15, -0.1) is 0 Å². The Morgan fingerprint density at radius 3 is 2.16 bits per heavy atom. The molecule has 104 valence electrons. The van der Waals surface area contributed by atoms with E-state index in [9.17, 15) is 9.59 Å². The molecule has 3 nitrogen and oxygen atoms in total. The Labute approximate surface area is 118 Å². The molecular formula is C15H19ClO3. The van der Waals surface area contributed by atoms with Crippen molar-refractivity contribution in [2.75, 3.05) is 6.61 Å². The normalized spacial score (nSPS) is 10.2. The van der Waals surface area contributed by atoms with E-state index in [1.165, 1.54) is 31.4 Å². The molecule has 1 aromatic rings. The second kappa shape index (κ2) is 8.70. The summed E-state index contributed by atoms with van der Waals surface area (Å²) in [4.78, 5) is 22.5. The summed E-state index contributed by atoms with van der Waals surface area (Å²) in [7, 11) is 0. The number of rotatable bonds is 8. The van der Waals surface area contributed by atoms with Crippen molar-refractivity contribution >= 4 is 22.8 Å². The number of hydrogen-bond acceptors (Lipinski definition) is 3. The zero-order valence-corrected chi connectivity index (χ0v) is 11.9. The van der Waals surface area contributed by atoms with Crippen LogP contribution in [0.1, 0.15) is 59.7 Å². The number of ether oxygens (including phenoxy) is 1. The average Bonchev–Trinajstić information content (AvgIpc) is 2.42. The lowest BCUT2D eigenvalue weighted by atomic mass is 10.1. The Balaban J connectivity index is 2.31. The number of hydrogen-bond donors (Lipinski definition) is 0. The molecule has 1 aromatic carbocycles. The molecular weight excluding hydrogens is 264 g/mol. The summed E-state index contributed by atoms with van der Waals surface area (Å²) in [5.41, 5.74) is 0.813. The summed E-state index contributed by atoms with van der Waals surface area (Å²) in [6.07, 6.45) is 5.58. The van der Waals surface area contributed by atoms with Crippen molar-refractivity contribution in [1.29, 1.82) is 0 Å². The van der Waals surface area contributed by atoms with Crippen LogP contribution in [0, 0.1) is 0 Å². The summed E-state index contributed by atoms with van der Waals surface area (Å²) in [5.74, 6) is -0.357. The second-order valence-electron chi connectivity index (χ2n) is 4.40. The van der Waals surface area contributed by atoms with Crippen LogP contribution >= 0.6 is 11.6 Å². The number of benzene rings is 1. The smallest absolute Gasteiger partial charge is 0.338 e. The van der Waals surface area contributed by atoms with E-state index in [2.05, 4.69) is 6.92 Å². The van der Waals surface area contributed by atoms with Gasteiger partial charge in [-0.1, -0.05) is 32.6 Å². The van der Waals surface area contributed by atoms with Crippen LogP contribution < -0.4 is 0 Å². The molecule has 0 saturated heterocycles. The minimum absolute atomic E-state index is 0.357. The molecule has 0 saturated carbocycles. The summed E-state index contributed by atoms with van der Waals surface area (Å²) in [6.45, 7) is 2.61. The summed E-state index contributed by atoms with van der Waals surface area (Å²) < 4.78 is 5.15. The Kier molecular flexibility index (Phi) is 7.19. The van der Waals surface area contributed by atoms with Gasteiger partial charge in [0.15, 0.2) is 0 Å². The van der Waals surface area contributed by atoms with Crippen molar-refractivity contribution in [2.45, 2.75) is 39.0 Å². The minimum Gasteiger partial charge on any atom is -0.462 e. The van der Waals surface area contributed by atoms with E-state index in [1.54, 1.807) is 12.1 Å². The second-order valence-corrected chi connectivity index (χ2v) is 4.74. The first-order chi connectivity index (χ1) is 9.15. The van der Waals surface area contributed by atoms with Gasteiger partial charge >= 0.3 is 5.97 Å². The molecule has 0 aliphatic carbocycles. The van der Waals surface area contributed by atoms with E-state index in [0.717, 1.165) is 12.8 Å². The maximum Gasteiger partial charge on any atom is 0.338 e. The van der Waals surface area contributed by atoms with Crippen LogP contribution in [0.2, 0.25) is 0 Å². The summed E-state index contributed by atoms with van der Waals surface area (Å²) in [6, 6.07) is 6.14. The number of esters is 1. The van der Waals surface area contributed by atoms with E-state index in [4.69, 9.17) is 16.3 Å². The molecule has 0 amide bonds. The highest BCUT2D eigenvalue weighted by molar-refractivity contribution is 6.67. The molecule has 4 heteroatoms. The standard InChI is InChI=1S/C15H19ClO3/c1-2-3-4-5-6-11-19-15(18)13-9-7-12(8-10-13)14(16)17/h7-10H,2-6,11H2,1H3. The molecule has 0 unspecified atom stereocenters. The average molecular weight is 283 g/mol. The van der Waals surface area contributed by atoms with E-state index >= 15 is 0 Å². The fraction of sp³-hybridized carbons (Fsp3) is 0.467. The van der Waals surface area contributed by atoms with Gasteiger partial charge in [0.05, 0.1) is 12.2 Å². The third-order valence-corrected chi connectivity index (χ3v) is 3.05. The molecule has 19 heavy (non-hydrogen) atoms. The van der Waals surface area contributed by atoms with Crippen LogP contribution in [-0.4, -0.2) is 17.8 Å². The molecule has 0 aromatic heterocycles. The lowest BCUT2D eigenvalue weighted by molar-refractivity contribution is 0.0497. The highest BCUT2D eigenvalue weighted by Crippen LogP contribution is 2.09. The maximum atomic E-state index is 11.7. The predicted molar refractivity (Wildman–Crippen MR) is 75.7 cm³/mol. The zero-order chi connectivity index (χ0) is 14.1. The zero-order valence-electron chi connectivity index (χ0n) is 11.2. The SMILES string of the molecule is CCCCCCCOC(=O)c1ccc(C(=O)Cl)cc1. The summed E-state index contributed by atoms with van der Waals surface area (Å²) >= 11 is 5.32. The molecule has 0 aliphatic heterocycles. The summed E-state index contributed by atoms with van der Waals surface area (Å²) in [5, 5.41) is -0.532. The Bertz CT molecular complexity index is 412. The van der Waals surface area contributed by atoms with Crippen molar-refractivity contribution in [2.24, 2.45) is 0 Å². The highest BCUT2D eigenvalue weighted by Gasteiger charge is 2.08. The van der Waals surface area contributed by atoms with Crippen molar-refractivity contribution in [3.8, 4) is 0 Å². The van der Waals surface area contributed by atoms with Gasteiger partial charge in [-0.25, -0.2) is 4.79 Å². The van der Waals surface area contributed by atoms with E-state index in [0.29, 0.717) is 17.7 Å². The van der Waals surface area contributed by atoms with Gasteiger partial charge in [0.25, 0.3) is 5.24 Å². The van der Waals surface area contributed by atoms with Gasteiger partial charge in [-0.05, 0) is 42.3 Å². The van der Waals surface area contributed by atoms with Gasteiger partial charge in [0, 0.05) is 5.56 Å². The molecule has 1 rings (SSSR count). The van der Waals surface area contributed by atoms with Crippen molar-refractivity contribution in [3.63, 3.8) is 0 Å². The number of unbranched alkanes of at least 4 members (excludes halogenated alkanes) is 4. The van der Waals surface area contributed by atoms with Gasteiger partial charge in [-0.3, -0.25) is 4.79 Å². The van der Waals surface area contributed by atoms with Gasteiger partial charge in [0.2, 0.25) is 0 Å². The first kappa shape index (κ1) is 15.7. The van der Waals surface area contributed by atoms with E-state index in [-0.39, 0.29) is 5.97 Å². The van der Waals surface area contributed by atoms with E-state index in [1.807, 2.05) is 0 Å². The van der Waals surface area contributed by atoms with E-state index < -0.39 is 5.24 Å². The molecule has 0 fully saturated rings. The van der Waals surface area contributed by atoms with Crippen molar-refractivity contribution in [3.05, 3.63) is 35.4 Å². The Morgan fingerprint density at radius 2 is 1.58 bits per heavy atom. The molecule has 0 bridgehead atoms. The predicted octanol–water partition coefficient (Wildman–Crippen LogP) is 4.19. The third-order valence-electron chi connectivity index (χ3n) is 2.83. The molecule has 0 heterocycles. The largest absolute Gasteiger partial charge is 0.462 e. The van der Waals surface area contributed by atoms with Crippen LogP contribution in [-0.2, 0) is 4.74 Å². The van der Waals surface area contributed by atoms with Crippen LogP contribution in [0.4, 0.5) is 0 Å². The van der Waals surface area contributed by atoms with Gasteiger partial charge < -0.3 is 4.74 Å². The lowest BCUT2D eigenvalue weighted by Gasteiger charge is -2.05. The molecule has 0 aliphatic rings. The number of carbonyl (C=O) groups excluding carboxylic acids is 2. The van der Waals surface area contributed by atoms with Crippen molar-refractivity contribution < 1.29 is 14.3 Å². The minimum atomic E-state index is -0.532. The topological polar surface area (TPSA) is 43.4 Å². The fourth-order valence-electron chi connectivity index (χ4n) is 1.69. The van der Waals surface area contributed by atoms with Gasteiger partial charge in [-0.2, -0.15) is 0 Å². The first-order valence-electron chi connectivity index (χ1n) is 6.62. The maximum absolute atomic E-state index is 11.7. The quantitative estimate of drug-likeness (QED) is 0.408. The molecule has 0 spiro atoms. The van der Waals surface area contributed by atoms with Gasteiger partial charge in [0.1, 0.15) is 0 Å². The van der Waals surface area contributed by atoms with Crippen molar-refractivity contribution in [1.82, 2.24) is 0 Å². The van der Waals surface area contributed by atoms with Crippen LogP contribution in [0.25, 0.3) is 0 Å². The molecule has 0 radical (unpaired) electrons. The van der Waals surface area contributed by atoms with Crippen LogP contribution in [0.3, 0.4) is 0 Å². The molecule has 0 atom stereocenters. The Morgan fingerprint density at radius 1 is 1.00 bits per heavy atom. The van der Waals surface area contributed by atoms with Crippen LogP contribution in [0.15, 0.2) is 24.3 Å². The van der Waals surface area contributed by atoms with Crippen LogP contribution in [0.5, 0.6) is 0 Å². The fourth-order valence-corrected chi connectivity index (χ4v) is 1.82. The number of halogens is 1. The Hall–Kier alpha value is -1.35.